The first-order valence-corrected chi connectivity index (χ1v) is 5.67. The highest BCUT2D eigenvalue weighted by Crippen LogP contribution is 2.76. The summed E-state index contributed by atoms with van der Waals surface area (Å²) in [6, 6.07) is 0. The summed E-state index contributed by atoms with van der Waals surface area (Å²) >= 11 is 2.20. The normalized spacial score (nSPS) is 39.7. The molecule has 0 aromatic carbocycles. The van der Waals surface area contributed by atoms with Crippen LogP contribution in [0.3, 0.4) is 0 Å². The fraction of sp³-hybridized carbons (Fsp3) is 0.889. The predicted octanol–water partition coefficient (Wildman–Crippen LogP) is 2.54. The van der Waals surface area contributed by atoms with Crippen LogP contribution in [0.15, 0.2) is 0 Å². The number of alkyl halides is 3. The van der Waals surface area contributed by atoms with Crippen molar-refractivity contribution in [1.29, 1.82) is 0 Å². The average Bonchev–Trinajstić information content (AvgIpc) is 1.97. The fourth-order valence-electron chi connectivity index (χ4n) is 2.44. The number of ether oxygens (including phenoxy) is 1. The van der Waals surface area contributed by atoms with Gasteiger partial charge in [0.1, 0.15) is 0 Å². The van der Waals surface area contributed by atoms with Crippen LogP contribution in [0.1, 0.15) is 26.2 Å². The molecule has 0 aliphatic heterocycles. The summed E-state index contributed by atoms with van der Waals surface area (Å²) in [5.74, 6) is -4.63. The van der Waals surface area contributed by atoms with Crippen molar-refractivity contribution in [3.63, 3.8) is 0 Å². The molecule has 3 rings (SSSR count). The molecule has 80 valence electrons. The maximum atomic E-state index is 13.6. The summed E-state index contributed by atoms with van der Waals surface area (Å²) in [4.78, 5) is 11.1. The number of hydrogen-bond acceptors (Lipinski definition) is 2. The van der Waals surface area contributed by atoms with Crippen LogP contribution in [0.4, 0.5) is 8.78 Å². The van der Waals surface area contributed by atoms with E-state index in [1.165, 1.54) is 6.92 Å². The van der Waals surface area contributed by atoms with Gasteiger partial charge in [-0.3, -0.25) is 0 Å². The number of halogens is 3. The lowest BCUT2D eigenvalue weighted by Crippen LogP contribution is -2.72. The van der Waals surface area contributed by atoms with E-state index in [9.17, 15) is 13.6 Å². The second-order valence-electron chi connectivity index (χ2n) is 4.26. The van der Waals surface area contributed by atoms with E-state index >= 15 is 0 Å². The van der Waals surface area contributed by atoms with Gasteiger partial charge in [0.05, 0.1) is 6.61 Å². The van der Waals surface area contributed by atoms with Crippen molar-refractivity contribution in [2.45, 2.75) is 35.5 Å². The van der Waals surface area contributed by atoms with Crippen molar-refractivity contribution in [3.05, 3.63) is 0 Å². The molecule has 0 N–H and O–H groups in total. The fourth-order valence-corrected chi connectivity index (χ4v) is 4.63. The van der Waals surface area contributed by atoms with Crippen LogP contribution in [-0.4, -0.2) is 21.9 Å². The van der Waals surface area contributed by atoms with Gasteiger partial charge in [-0.05, 0) is 26.2 Å². The lowest BCUT2D eigenvalue weighted by atomic mass is 9.42. The smallest absolute Gasteiger partial charge is 0.377 e. The summed E-state index contributed by atoms with van der Waals surface area (Å²) < 4.78 is 31.6. The van der Waals surface area contributed by atoms with Gasteiger partial charge in [0.2, 0.25) is 0 Å². The van der Waals surface area contributed by atoms with Gasteiger partial charge in [0, 0.05) is 8.84 Å². The minimum atomic E-state index is -3.28. The molecule has 0 spiro atoms. The highest BCUT2D eigenvalue weighted by molar-refractivity contribution is 14.1. The number of carbonyl (C=O) groups is 1. The Labute approximate surface area is 94.5 Å². The summed E-state index contributed by atoms with van der Waals surface area (Å²) in [6.45, 7) is 1.55. The van der Waals surface area contributed by atoms with E-state index in [1.54, 1.807) is 0 Å². The van der Waals surface area contributed by atoms with Crippen LogP contribution in [0.25, 0.3) is 0 Å². The highest BCUT2D eigenvalue weighted by atomic mass is 127. The number of esters is 1. The van der Waals surface area contributed by atoms with Gasteiger partial charge in [0.15, 0.2) is 0 Å². The predicted molar refractivity (Wildman–Crippen MR) is 54.6 cm³/mol. The molecular formula is C9H11F2IO2. The summed E-state index contributed by atoms with van der Waals surface area (Å²) in [6.07, 6.45) is 1.35. The maximum Gasteiger partial charge on any atom is 0.377 e. The molecule has 5 heteroatoms. The first-order valence-electron chi connectivity index (χ1n) is 4.59. The van der Waals surface area contributed by atoms with Gasteiger partial charge in [0.25, 0.3) is 0 Å². The number of hydrogen-bond donors (Lipinski definition) is 0. The molecule has 2 nitrogen and oxygen atoms in total. The third-order valence-corrected chi connectivity index (χ3v) is 4.31. The zero-order chi connectivity index (χ0) is 10.6. The van der Waals surface area contributed by atoms with Crippen LogP contribution in [0.5, 0.6) is 0 Å². The molecule has 0 amide bonds. The quantitative estimate of drug-likeness (QED) is 0.454. The van der Waals surface area contributed by atoms with Crippen molar-refractivity contribution >= 4 is 28.6 Å². The molecule has 3 aliphatic rings. The van der Waals surface area contributed by atoms with Gasteiger partial charge in [-0.15, -0.1) is 0 Å². The zero-order valence-corrected chi connectivity index (χ0v) is 9.94. The van der Waals surface area contributed by atoms with E-state index in [0.29, 0.717) is 19.3 Å². The van der Waals surface area contributed by atoms with E-state index < -0.39 is 17.3 Å². The lowest BCUT2D eigenvalue weighted by molar-refractivity contribution is -0.250. The van der Waals surface area contributed by atoms with Crippen LogP contribution < -0.4 is 0 Å². The molecule has 0 atom stereocenters. The van der Waals surface area contributed by atoms with Crippen LogP contribution >= 0.6 is 22.6 Å². The first-order chi connectivity index (χ1) is 6.35. The van der Waals surface area contributed by atoms with Crippen LogP contribution in [0.2, 0.25) is 0 Å². The summed E-state index contributed by atoms with van der Waals surface area (Å²) in [5, 5.41) is 0. The Bertz CT molecular complexity index is 271. The van der Waals surface area contributed by atoms with Gasteiger partial charge in [-0.1, -0.05) is 22.6 Å². The van der Waals surface area contributed by atoms with Crippen molar-refractivity contribution in [2.75, 3.05) is 6.61 Å². The van der Waals surface area contributed by atoms with Crippen LogP contribution in [0, 0.1) is 5.41 Å². The molecule has 0 saturated heterocycles. The van der Waals surface area contributed by atoms with E-state index in [-0.39, 0.29) is 10.0 Å². The average molecular weight is 316 g/mol. The van der Waals surface area contributed by atoms with Gasteiger partial charge in [-0.2, -0.15) is 8.78 Å². The van der Waals surface area contributed by atoms with E-state index in [0.717, 1.165) is 0 Å². The van der Waals surface area contributed by atoms with Crippen molar-refractivity contribution in [3.8, 4) is 0 Å². The molecule has 0 aromatic heterocycles. The molecule has 0 aromatic rings. The van der Waals surface area contributed by atoms with Crippen molar-refractivity contribution < 1.29 is 18.3 Å². The summed E-state index contributed by atoms with van der Waals surface area (Å²) in [5.41, 5.74) is -1.07. The molecule has 3 fully saturated rings. The minimum absolute atomic E-state index is 0.0138. The Morgan fingerprint density at radius 3 is 2.36 bits per heavy atom. The Kier molecular flexibility index (Phi) is 2.11. The number of rotatable bonds is 3. The van der Waals surface area contributed by atoms with Gasteiger partial charge in [-0.25, -0.2) is 4.79 Å². The number of carbonyl (C=O) groups excluding carboxylic acids is 1. The third-order valence-electron chi connectivity index (χ3n) is 3.16. The Balaban J connectivity index is 2.06. The monoisotopic (exact) mass is 316 g/mol. The molecule has 3 saturated carbocycles. The standard InChI is InChI=1S/C9H11F2IO2/c1-2-14-6(13)9(10,11)7-3-8(12,4-7)5-7/h2-5H2,1H3. The molecule has 14 heavy (non-hydrogen) atoms. The van der Waals surface area contributed by atoms with Crippen molar-refractivity contribution in [1.82, 2.24) is 0 Å². The Morgan fingerprint density at radius 2 is 2.00 bits per heavy atom. The molecular weight excluding hydrogens is 305 g/mol. The van der Waals surface area contributed by atoms with Crippen molar-refractivity contribution in [2.24, 2.45) is 5.41 Å². The van der Waals surface area contributed by atoms with E-state index in [2.05, 4.69) is 27.3 Å². The minimum Gasteiger partial charge on any atom is -0.462 e. The molecule has 0 heterocycles. The lowest BCUT2D eigenvalue weighted by Gasteiger charge is -2.69. The van der Waals surface area contributed by atoms with Gasteiger partial charge < -0.3 is 4.74 Å². The molecule has 0 unspecified atom stereocenters. The highest BCUT2D eigenvalue weighted by Gasteiger charge is 2.79. The zero-order valence-electron chi connectivity index (χ0n) is 7.78. The Hall–Kier alpha value is 0.0600. The largest absolute Gasteiger partial charge is 0.462 e. The first kappa shape index (κ1) is 10.6. The molecule has 3 aliphatic carbocycles. The summed E-state index contributed by atoms with van der Waals surface area (Å²) in [7, 11) is 0. The third kappa shape index (κ3) is 1.13. The second kappa shape index (κ2) is 2.80. The second-order valence-corrected chi connectivity index (χ2v) is 6.54. The van der Waals surface area contributed by atoms with Crippen LogP contribution in [-0.2, 0) is 9.53 Å². The molecule has 0 radical (unpaired) electrons. The molecule has 2 bridgehead atoms. The SMILES string of the molecule is CCOC(=O)C(F)(F)C12CC(I)(C1)C2. The van der Waals surface area contributed by atoms with Gasteiger partial charge >= 0.3 is 11.9 Å². The maximum absolute atomic E-state index is 13.6. The Morgan fingerprint density at radius 1 is 1.50 bits per heavy atom. The van der Waals surface area contributed by atoms with E-state index in [4.69, 9.17) is 0 Å². The topological polar surface area (TPSA) is 26.3 Å². The van der Waals surface area contributed by atoms with E-state index in [1.807, 2.05) is 0 Å².